The summed E-state index contributed by atoms with van der Waals surface area (Å²) < 4.78 is 18.8. The predicted molar refractivity (Wildman–Crippen MR) is 144 cm³/mol. The molecule has 0 bridgehead atoms. The van der Waals surface area contributed by atoms with Gasteiger partial charge in [-0.05, 0) is 54.4 Å². The molecule has 0 aliphatic carbocycles. The molecule has 0 saturated carbocycles. The molecule has 2 heterocycles. The fraction of sp³-hybridized carbons (Fsp3) is 0.286. The van der Waals surface area contributed by atoms with Crippen molar-refractivity contribution in [3.63, 3.8) is 0 Å². The zero-order valence-electron chi connectivity index (χ0n) is 20.8. The largest absolute Gasteiger partial charge is 0.397 e. The number of pyridine rings is 1. The van der Waals surface area contributed by atoms with Crippen LogP contribution in [0, 0.1) is 5.82 Å². The number of anilines is 3. The van der Waals surface area contributed by atoms with Gasteiger partial charge in [-0.3, -0.25) is 14.7 Å². The highest BCUT2D eigenvalue weighted by Gasteiger charge is 2.14. The Morgan fingerprint density at radius 2 is 1.84 bits per heavy atom. The summed E-state index contributed by atoms with van der Waals surface area (Å²) in [6.07, 6.45) is 2.64. The number of halogens is 1. The number of hydrogen-bond donors (Lipinski definition) is 3. The minimum atomic E-state index is -0.325. The molecule has 0 spiro atoms. The number of nitrogens with two attached hydrogens (primary N) is 1. The van der Waals surface area contributed by atoms with Crippen LogP contribution in [-0.2, 0) is 11.3 Å². The molecule has 1 amide bonds. The number of benzene rings is 2. The summed E-state index contributed by atoms with van der Waals surface area (Å²) in [6, 6.07) is 16.9. The second kappa shape index (κ2) is 12.8. The third-order valence-corrected chi connectivity index (χ3v) is 6.16. The van der Waals surface area contributed by atoms with Crippen molar-refractivity contribution in [3.8, 4) is 0 Å². The van der Waals surface area contributed by atoms with Crippen LogP contribution < -0.4 is 16.4 Å². The lowest BCUT2D eigenvalue weighted by Crippen LogP contribution is -2.38. The van der Waals surface area contributed by atoms with E-state index in [-0.39, 0.29) is 11.7 Å². The Bertz CT molecular complexity index is 1180. The van der Waals surface area contributed by atoms with E-state index in [1.165, 1.54) is 12.1 Å². The van der Waals surface area contributed by atoms with Gasteiger partial charge in [0.25, 0.3) is 5.91 Å². The summed E-state index contributed by atoms with van der Waals surface area (Å²) in [5.41, 5.74) is 8.96. The van der Waals surface area contributed by atoms with E-state index in [1.54, 1.807) is 36.5 Å². The lowest BCUT2D eigenvalue weighted by Gasteiger charge is -2.30. The number of carbonyl (C=O) groups is 1. The Labute approximate surface area is 216 Å². The van der Waals surface area contributed by atoms with Crippen molar-refractivity contribution >= 4 is 23.0 Å². The van der Waals surface area contributed by atoms with Gasteiger partial charge < -0.3 is 26.0 Å². The number of aromatic nitrogens is 1. The maximum atomic E-state index is 13.3. The van der Waals surface area contributed by atoms with Crippen LogP contribution in [0.5, 0.6) is 0 Å². The second-order valence-electron chi connectivity index (χ2n) is 8.90. The number of morpholine rings is 1. The number of nitrogens with one attached hydrogen (secondary N) is 2. The van der Waals surface area contributed by atoms with Crippen LogP contribution in [-0.4, -0.2) is 60.1 Å². The molecular formula is C28H33FN6O2. The first-order valence-electron chi connectivity index (χ1n) is 12.4. The van der Waals surface area contributed by atoms with E-state index in [2.05, 4.69) is 32.0 Å². The van der Waals surface area contributed by atoms with Gasteiger partial charge in [-0.15, -0.1) is 0 Å². The van der Waals surface area contributed by atoms with Gasteiger partial charge in [0.2, 0.25) is 0 Å². The fourth-order valence-electron chi connectivity index (χ4n) is 4.07. The van der Waals surface area contributed by atoms with Gasteiger partial charge in [0.1, 0.15) is 11.5 Å². The Morgan fingerprint density at radius 3 is 2.54 bits per heavy atom. The molecule has 1 aliphatic rings. The molecule has 1 saturated heterocycles. The maximum absolute atomic E-state index is 13.3. The summed E-state index contributed by atoms with van der Waals surface area (Å²) in [5, 5.41) is 6.07. The van der Waals surface area contributed by atoms with E-state index in [0.29, 0.717) is 29.4 Å². The van der Waals surface area contributed by atoms with Gasteiger partial charge >= 0.3 is 0 Å². The topological polar surface area (TPSA) is 95.8 Å². The first kappa shape index (κ1) is 26.1. The number of carbonyl (C=O) groups excluding carboxylic acids is 1. The van der Waals surface area contributed by atoms with Crippen molar-refractivity contribution in [3.05, 3.63) is 96.3 Å². The number of hydrogen-bond acceptors (Lipinski definition) is 7. The van der Waals surface area contributed by atoms with Crippen molar-refractivity contribution in [2.24, 2.45) is 0 Å². The summed E-state index contributed by atoms with van der Waals surface area (Å²) in [5.74, 6) is 0.0906. The third kappa shape index (κ3) is 7.77. The molecule has 4 N–H and O–H groups in total. The Morgan fingerprint density at radius 1 is 1.08 bits per heavy atom. The van der Waals surface area contributed by atoms with Crippen molar-refractivity contribution in [1.29, 1.82) is 0 Å². The molecule has 1 aliphatic heterocycles. The quantitative estimate of drug-likeness (QED) is 0.338. The van der Waals surface area contributed by atoms with E-state index in [4.69, 9.17) is 10.5 Å². The Kier molecular flexibility index (Phi) is 9.07. The number of ether oxygens (including phenoxy) is 1. The molecule has 0 atom stereocenters. The van der Waals surface area contributed by atoms with Gasteiger partial charge in [0, 0.05) is 44.6 Å². The van der Waals surface area contributed by atoms with Crippen LogP contribution in [0.15, 0.2) is 79.3 Å². The molecule has 3 aromatic rings. The average molecular weight is 505 g/mol. The Hall–Kier alpha value is -3.95. The van der Waals surface area contributed by atoms with Crippen LogP contribution in [0.4, 0.5) is 21.5 Å². The standard InChI is InChI=1S/C28H33FN6O2/c1-21(32-24-10-8-23(29)9-11-24)35(14-4-13-34-15-17-37-18-16-34)20-22-7-12-27(31-19-22)28(36)33-26-6-3-2-5-25(26)30/h2-3,5-12,19,32H,1,4,13-18,20,30H2,(H,33,36). The summed E-state index contributed by atoms with van der Waals surface area (Å²) in [6.45, 7) is 9.92. The van der Waals surface area contributed by atoms with Crippen LogP contribution in [0.2, 0.25) is 0 Å². The smallest absolute Gasteiger partial charge is 0.274 e. The van der Waals surface area contributed by atoms with E-state index in [1.807, 2.05) is 18.2 Å². The third-order valence-electron chi connectivity index (χ3n) is 6.16. The minimum Gasteiger partial charge on any atom is -0.397 e. The summed E-state index contributed by atoms with van der Waals surface area (Å²) in [7, 11) is 0. The molecule has 1 fully saturated rings. The Balaban J connectivity index is 1.39. The van der Waals surface area contributed by atoms with Gasteiger partial charge in [0.05, 0.1) is 30.4 Å². The molecule has 9 heteroatoms. The number of nitrogens with zero attached hydrogens (tertiary/aromatic N) is 3. The molecule has 2 aromatic carbocycles. The van der Waals surface area contributed by atoms with Crippen molar-refractivity contribution < 1.29 is 13.9 Å². The fourth-order valence-corrected chi connectivity index (χ4v) is 4.07. The lowest BCUT2D eigenvalue weighted by atomic mass is 10.2. The van der Waals surface area contributed by atoms with Crippen molar-refractivity contribution in [2.45, 2.75) is 13.0 Å². The molecule has 0 radical (unpaired) electrons. The molecular weight excluding hydrogens is 471 g/mol. The van der Waals surface area contributed by atoms with Crippen LogP contribution >= 0.6 is 0 Å². The van der Waals surface area contributed by atoms with Crippen LogP contribution in [0.1, 0.15) is 22.5 Å². The van der Waals surface area contributed by atoms with Crippen molar-refractivity contribution in [2.75, 3.05) is 55.8 Å². The molecule has 8 nitrogen and oxygen atoms in total. The highest BCUT2D eigenvalue weighted by atomic mass is 19.1. The SMILES string of the molecule is C=C(Nc1ccc(F)cc1)N(CCCN1CCOCC1)Cc1ccc(C(=O)Nc2ccccc2N)nc1. The number of amides is 1. The van der Waals surface area contributed by atoms with E-state index in [9.17, 15) is 9.18 Å². The monoisotopic (exact) mass is 504 g/mol. The zero-order chi connectivity index (χ0) is 26.0. The molecule has 0 unspecified atom stereocenters. The van der Waals surface area contributed by atoms with E-state index in [0.717, 1.165) is 57.1 Å². The highest BCUT2D eigenvalue weighted by molar-refractivity contribution is 6.04. The lowest BCUT2D eigenvalue weighted by molar-refractivity contribution is 0.0364. The normalized spacial score (nSPS) is 13.6. The average Bonchev–Trinajstić information content (AvgIpc) is 2.91. The van der Waals surface area contributed by atoms with Crippen LogP contribution in [0.25, 0.3) is 0 Å². The first-order valence-corrected chi connectivity index (χ1v) is 12.4. The van der Waals surface area contributed by atoms with Crippen LogP contribution in [0.3, 0.4) is 0 Å². The second-order valence-corrected chi connectivity index (χ2v) is 8.90. The van der Waals surface area contributed by atoms with Gasteiger partial charge in [-0.25, -0.2) is 4.39 Å². The molecule has 1 aromatic heterocycles. The molecule has 4 rings (SSSR count). The number of para-hydroxylation sites is 2. The molecule has 194 valence electrons. The van der Waals surface area contributed by atoms with E-state index < -0.39 is 0 Å². The number of rotatable bonds is 11. The summed E-state index contributed by atoms with van der Waals surface area (Å²) >= 11 is 0. The van der Waals surface area contributed by atoms with Gasteiger partial charge in [0.15, 0.2) is 0 Å². The van der Waals surface area contributed by atoms with Crippen molar-refractivity contribution in [1.82, 2.24) is 14.8 Å². The summed E-state index contributed by atoms with van der Waals surface area (Å²) in [4.78, 5) is 21.5. The minimum absolute atomic E-state index is 0.288. The van der Waals surface area contributed by atoms with Gasteiger partial charge in [-0.2, -0.15) is 0 Å². The van der Waals surface area contributed by atoms with Gasteiger partial charge in [-0.1, -0.05) is 24.8 Å². The predicted octanol–water partition coefficient (Wildman–Crippen LogP) is 4.16. The number of nitrogen functional groups attached to an aromatic ring is 1. The van der Waals surface area contributed by atoms with E-state index >= 15 is 0 Å². The first-order chi connectivity index (χ1) is 18.0. The highest BCUT2D eigenvalue weighted by Crippen LogP contribution is 2.19. The maximum Gasteiger partial charge on any atom is 0.274 e. The molecule has 37 heavy (non-hydrogen) atoms. The zero-order valence-corrected chi connectivity index (χ0v) is 20.8.